The highest BCUT2D eigenvalue weighted by Gasteiger charge is 2.07. The molecule has 0 aliphatic carbocycles. The van der Waals surface area contributed by atoms with Crippen LogP contribution in [0.25, 0.3) is 0 Å². The molecule has 1 aromatic heterocycles. The van der Waals surface area contributed by atoms with Gasteiger partial charge in [0.25, 0.3) is 0 Å². The molecule has 0 aliphatic rings. The van der Waals surface area contributed by atoms with Crippen LogP contribution in [-0.2, 0) is 13.6 Å². The Kier molecular flexibility index (Phi) is 8.51. The molecular formula is C16H23FIN5O. The van der Waals surface area contributed by atoms with Crippen molar-refractivity contribution in [2.45, 2.75) is 19.6 Å². The molecule has 8 heteroatoms. The zero-order chi connectivity index (χ0) is 16.7. The highest BCUT2D eigenvalue weighted by atomic mass is 127. The smallest absolute Gasteiger partial charge is 0.191 e. The van der Waals surface area contributed by atoms with Crippen LogP contribution in [0.4, 0.5) is 4.39 Å². The molecule has 1 heterocycles. The van der Waals surface area contributed by atoms with E-state index in [0.29, 0.717) is 24.8 Å². The van der Waals surface area contributed by atoms with Crippen LogP contribution in [-0.4, -0.2) is 35.4 Å². The minimum Gasteiger partial charge on any atom is -0.489 e. The number of aromatic nitrogens is 2. The van der Waals surface area contributed by atoms with Crippen LogP contribution < -0.4 is 15.4 Å². The van der Waals surface area contributed by atoms with Gasteiger partial charge in [-0.25, -0.2) is 4.39 Å². The van der Waals surface area contributed by atoms with Gasteiger partial charge in [0.05, 0.1) is 18.8 Å². The predicted molar refractivity (Wildman–Crippen MR) is 103 cm³/mol. The highest BCUT2D eigenvalue weighted by molar-refractivity contribution is 14.0. The third kappa shape index (κ3) is 6.34. The quantitative estimate of drug-likeness (QED) is 0.406. The van der Waals surface area contributed by atoms with Crippen LogP contribution in [0.15, 0.2) is 41.5 Å². The Labute approximate surface area is 158 Å². The lowest BCUT2D eigenvalue weighted by Crippen LogP contribution is -2.41. The van der Waals surface area contributed by atoms with Crippen LogP contribution in [0.3, 0.4) is 0 Å². The van der Waals surface area contributed by atoms with Crippen LogP contribution in [0.2, 0.25) is 0 Å². The van der Waals surface area contributed by atoms with E-state index in [4.69, 9.17) is 4.74 Å². The Morgan fingerprint density at radius 2 is 2.17 bits per heavy atom. The lowest BCUT2D eigenvalue weighted by Gasteiger charge is -2.17. The molecule has 2 N–H and O–H groups in total. The van der Waals surface area contributed by atoms with Gasteiger partial charge in [0, 0.05) is 26.4 Å². The fraction of sp³-hybridized carbons (Fsp3) is 0.375. The highest BCUT2D eigenvalue weighted by Crippen LogP contribution is 2.13. The molecule has 132 valence electrons. The molecule has 0 radical (unpaired) electrons. The standard InChI is InChI=1S/C16H22FN5O.HI/c1-12(23-15-6-4-5-13(17)9-15)10-19-16(18-2)20-11-14-7-8-21-22(14)3;/h4-9,12H,10-11H2,1-3H3,(H2,18,19,20);1H. The number of rotatable bonds is 6. The predicted octanol–water partition coefficient (Wildman–Crippen LogP) is 2.31. The van der Waals surface area contributed by atoms with Crippen molar-refractivity contribution < 1.29 is 9.13 Å². The SMILES string of the molecule is CN=C(NCc1ccnn1C)NCC(C)Oc1cccc(F)c1.I. The zero-order valence-electron chi connectivity index (χ0n) is 14.0. The summed E-state index contributed by atoms with van der Waals surface area (Å²) >= 11 is 0. The first kappa shape index (κ1) is 20.2. The molecule has 0 amide bonds. The minimum atomic E-state index is -0.309. The third-order valence-electron chi connectivity index (χ3n) is 3.27. The maximum atomic E-state index is 13.1. The molecule has 0 saturated carbocycles. The van der Waals surface area contributed by atoms with Crippen LogP contribution in [0.5, 0.6) is 5.75 Å². The average Bonchev–Trinajstić information content (AvgIpc) is 2.93. The van der Waals surface area contributed by atoms with E-state index in [1.165, 1.54) is 12.1 Å². The second-order valence-corrected chi connectivity index (χ2v) is 5.14. The molecule has 0 saturated heterocycles. The number of benzene rings is 1. The first-order valence-electron chi connectivity index (χ1n) is 7.42. The fourth-order valence-electron chi connectivity index (χ4n) is 2.02. The molecule has 2 rings (SSSR count). The molecule has 24 heavy (non-hydrogen) atoms. The number of guanidine groups is 1. The molecule has 1 unspecified atom stereocenters. The molecule has 0 fully saturated rings. The average molecular weight is 447 g/mol. The number of hydrogen-bond acceptors (Lipinski definition) is 3. The Bertz CT molecular complexity index is 661. The Morgan fingerprint density at radius 1 is 1.38 bits per heavy atom. The lowest BCUT2D eigenvalue weighted by molar-refractivity contribution is 0.223. The van der Waals surface area contributed by atoms with Gasteiger partial charge in [-0.2, -0.15) is 5.10 Å². The molecular weight excluding hydrogens is 424 g/mol. The number of nitrogens with one attached hydrogen (secondary N) is 2. The van der Waals surface area contributed by atoms with Gasteiger partial charge in [0.2, 0.25) is 0 Å². The van der Waals surface area contributed by atoms with E-state index in [1.807, 2.05) is 20.0 Å². The Morgan fingerprint density at radius 3 is 2.79 bits per heavy atom. The summed E-state index contributed by atoms with van der Waals surface area (Å²) < 4.78 is 20.6. The topological polar surface area (TPSA) is 63.5 Å². The van der Waals surface area contributed by atoms with Crippen molar-refractivity contribution in [1.29, 1.82) is 0 Å². The summed E-state index contributed by atoms with van der Waals surface area (Å²) in [4.78, 5) is 4.16. The van der Waals surface area contributed by atoms with Gasteiger partial charge in [0.1, 0.15) is 17.7 Å². The van der Waals surface area contributed by atoms with Crippen molar-refractivity contribution in [3.63, 3.8) is 0 Å². The minimum absolute atomic E-state index is 0. The van der Waals surface area contributed by atoms with Gasteiger partial charge in [-0.1, -0.05) is 6.07 Å². The van der Waals surface area contributed by atoms with Crippen molar-refractivity contribution in [3.05, 3.63) is 48.0 Å². The Balaban J connectivity index is 0.00000288. The zero-order valence-corrected chi connectivity index (χ0v) is 16.3. The number of hydrogen-bond donors (Lipinski definition) is 2. The van der Waals surface area contributed by atoms with E-state index in [2.05, 4.69) is 20.7 Å². The number of halogens is 2. The van der Waals surface area contributed by atoms with E-state index < -0.39 is 0 Å². The number of aliphatic imine (C=N–C) groups is 1. The largest absolute Gasteiger partial charge is 0.489 e. The van der Waals surface area contributed by atoms with E-state index in [-0.39, 0.29) is 35.9 Å². The summed E-state index contributed by atoms with van der Waals surface area (Å²) in [6.45, 7) is 3.07. The summed E-state index contributed by atoms with van der Waals surface area (Å²) in [6, 6.07) is 8.05. The second-order valence-electron chi connectivity index (χ2n) is 5.14. The molecule has 1 aromatic carbocycles. The van der Waals surface area contributed by atoms with Crippen molar-refractivity contribution >= 4 is 29.9 Å². The maximum Gasteiger partial charge on any atom is 0.191 e. The second kappa shape index (κ2) is 10.1. The number of nitrogens with zero attached hydrogens (tertiary/aromatic N) is 3. The maximum absolute atomic E-state index is 13.1. The fourth-order valence-corrected chi connectivity index (χ4v) is 2.02. The van der Waals surface area contributed by atoms with Crippen molar-refractivity contribution in [2.24, 2.45) is 12.0 Å². The molecule has 0 spiro atoms. The molecule has 0 aliphatic heterocycles. The van der Waals surface area contributed by atoms with Crippen molar-refractivity contribution in [1.82, 2.24) is 20.4 Å². The van der Waals surface area contributed by atoms with E-state index in [9.17, 15) is 4.39 Å². The van der Waals surface area contributed by atoms with E-state index in [0.717, 1.165) is 5.69 Å². The van der Waals surface area contributed by atoms with Gasteiger partial charge in [-0.3, -0.25) is 9.67 Å². The molecule has 1 atom stereocenters. The summed E-state index contributed by atoms with van der Waals surface area (Å²) in [5.41, 5.74) is 1.05. The summed E-state index contributed by atoms with van der Waals surface area (Å²) in [5.74, 6) is 0.870. The molecule has 2 aromatic rings. The van der Waals surface area contributed by atoms with Gasteiger partial charge >= 0.3 is 0 Å². The van der Waals surface area contributed by atoms with Gasteiger partial charge < -0.3 is 15.4 Å². The summed E-state index contributed by atoms with van der Waals surface area (Å²) in [5, 5.41) is 10.5. The van der Waals surface area contributed by atoms with E-state index in [1.54, 1.807) is 30.1 Å². The van der Waals surface area contributed by atoms with Crippen LogP contribution in [0, 0.1) is 5.82 Å². The normalized spacial score (nSPS) is 12.2. The Hall–Kier alpha value is -1.84. The number of aryl methyl sites for hydroxylation is 1. The van der Waals surface area contributed by atoms with Crippen LogP contribution >= 0.6 is 24.0 Å². The van der Waals surface area contributed by atoms with Crippen molar-refractivity contribution in [2.75, 3.05) is 13.6 Å². The van der Waals surface area contributed by atoms with Gasteiger partial charge in [0.15, 0.2) is 5.96 Å². The first-order chi connectivity index (χ1) is 11.1. The number of ether oxygens (including phenoxy) is 1. The summed E-state index contributed by atoms with van der Waals surface area (Å²) in [7, 11) is 3.60. The molecule has 6 nitrogen and oxygen atoms in total. The van der Waals surface area contributed by atoms with E-state index >= 15 is 0 Å². The lowest BCUT2D eigenvalue weighted by atomic mass is 10.3. The first-order valence-corrected chi connectivity index (χ1v) is 7.42. The van der Waals surface area contributed by atoms with Crippen LogP contribution in [0.1, 0.15) is 12.6 Å². The van der Waals surface area contributed by atoms with Crippen molar-refractivity contribution in [3.8, 4) is 5.75 Å². The monoisotopic (exact) mass is 447 g/mol. The summed E-state index contributed by atoms with van der Waals surface area (Å²) in [6.07, 6.45) is 1.62. The van der Waals surface area contributed by atoms with Gasteiger partial charge in [-0.15, -0.1) is 24.0 Å². The third-order valence-corrected chi connectivity index (χ3v) is 3.27. The van der Waals surface area contributed by atoms with Gasteiger partial charge in [-0.05, 0) is 25.1 Å². The molecule has 0 bridgehead atoms.